The summed E-state index contributed by atoms with van der Waals surface area (Å²) < 4.78 is 0. The molecule has 1 aromatic carbocycles. The first-order valence-corrected chi connectivity index (χ1v) is 6.23. The van der Waals surface area contributed by atoms with E-state index in [4.69, 9.17) is 11.6 Å². The number of hydrogen-bond acceptors (Lipinski definition) is 2. The molecule has 92 valence electrons. The summed E-state index contributed by atoms with van der Waals surface area (Å²) in [7, 11) is 3.46. The van der Waals surface area contributed by atoms with Crippen LogP contribution in [0.5, 0.6) is 0 Å². The summed E-state index contributed by atoms with van der Waals surface area (Å²) in [6, 6.07) is 5.69. The second-order valence-corrected chi connectivity index (χ2v) is 4.97. The van der Waals surface area contributed by atoms with Gasteiger partial charge in [-0.15, -0.1) is 0 Å². The molecule has 1 heterocycles. The van der Waals surface area contributed by atoms with E-state index in [2.05, 4.69) is 4.90 Å². The summed E-state index contributed by atoms with van der Waals surface area (Å²) in [6.45, 7) is 2.16. The topological polar surface area (TPSA) is 23.6 Å². The van der Waals surface area contributed by atoms with Crippen molar-refractivity contribution in [1.29, 1.82) is 0 Å². The molecule has 0 N–H and O–H groups in total. The summed E-state index contributed by atoms with van der Waals surface area (Å²) in [5.41, 5.74) is 1.68. The van der Waals surface area contributed by atoms with E-state index in [0.717, 1.165) is 18.8 Å². The van der Waals surface area contributed by atoms with Gasteiger partial charge < -0.3 is 9.80 Å². The second-order valence-electron chi connectivity index (χ2n) is 4.56. The molecule has 0 spiro atoms. The highest BCUT2D eigenvalue weighted by Crippen LogP contribution is 2.26. The molecule has 0 radical (unpaired) electrons. The van der Waals surface area contributed by atoms with Gasteiger partial charge in [0, 0.05) is 32.9 Å². The lowest BCUT2D eigenvalue weighted by atomic mass is 10.1. The minimum absolute atomic E-state index is 0.0528. The molecular weight excluding hydrogens is 236 g/mol. The average Bonchev–Trinajstić information content (AvgIpc) is 2.81. The number of carbonyl (C=O) groups excluding carboxylic acids is 1. The lowest BCUT2D eigenvalue weighted by Gasteiger charge is -2.19. The number of carbonyl (C=O) groups is 1. The zero-order valence-electron chi connectivity index (χ0n) is 10.2. The molecule has 1 fully saturated rings. The van der Waals surface area contributed by atoms with E-state index in [-0.39, 0.29) is 5.91 Å². The van der Waals surface area contributed by atoms with Gasteiger partial charge in [-0.25, -0.2) is 0 Å². The molecule has 3 nitrogen and oxygen atoms in total. The van der Waals surface area contributed by atoms with Gasteiger partial charge in [-0.2, -0.15) is 0 Å². The highest BCUT2D eigenvalue weighted by Gasteiger charge is 2.16. The van der Waals surface area contributed by atoms with E-state index in [0.29, 0.717) is 10.6 Å². The molecule has 1 aromatic rings. The van der Waals surface area contributed by atoms with E-state index in [9.17, 15) is 4.79 Å². The Morgan fingerprint density at radius 3 is 2.47 bits per heavy atom. The van der Waals surface area contributed by atoms with Crippen molar-refractivity contribution in [3.05, 3.63) is 28.8 Å². The third-order valence-corrected chi connectivity index (χ3v) is 3.37. The zero-order chi connectivity index (χ0) is 12.4. The molecule has 1 aliphatic heterocycles. The maximum Gasteiger partial charge on any atom is 0.254 e. The average molecular weight is 253 g/mol. The highest BCUT2D eigenvalue weighted by molar-refractivity contribution is 6.34. The standard InChI is InChI=1S/C13H17ClN2O/c1-15(2)13(17)11-6-5-10(9-12(11)14)16-7-3-4-8-16/h5-6,9H,3-4,7-8H2,1-2H3. The van der Waals surface area contributed by atoms with E-state index in [1.165, 1.54) is 17.7 Å². The lowest BCUT2D eigenvalue weighted by molar-refractivity contribution is 0.0828. The second kappa shape index (κ2) is 4.96. The number of amides is 1. The van der Waals surface area contributed by atoms with Crippen LogP contribution in [0.25, 0.3) is 0 Å². The molecule has 17 heavy (non-hydrogen) atoms. The molecule has 0 atom stereocenters. The molecule has 0 unspecified atom stereocenters. The number of nitrogens with zero attached hydrogens (tertiary/aromatic N) is 2. The van der Waals surface area contributed by atoms with Crippen molar-refractivity contribution in [2.75, 3.05) is 32.1 Å². The van der Waals surface area contributed by atoms with E-state index >= 15 is 0 Å². The Hall–Kier alpha value is -1.22. The van der Waals surface area contributed by atoms with Crippen LogP contribution in [0.15, 0.2) is 18.2 Å². The summed E-state index contributed by atoms with van der Waals surface area (Å²) >= 11 is 6.17. The molecule has 0 bridgehead atoms. The zero-order valence-corrected chi connectivity index (χ0v) is 11.0. The fourth-order valence-corrected chi connectivity index (χ4v) is 2.35. The normalized spacial score (nSPS) is 15.1. The van der Waals surface area contributed by atoms with Gasteiger partial charge in [0.2, 0.25) is 0 Å². The minimum atomic E-state index is -0.0528. The molecule has 0 aliphatic carbocycles. The van der Waals surface area contributed by atoms with Crippen LogP contribution in [0, 0.1) is 0 Å². The first kappa shape index (κ1) is 12.2. The number of anilines is 1. The van der Waals surface area contributed by atoms with Crippen LogP contribution in [-0.4, -0.2) is 38.0 Å². The largest absolute Gasteiger partial charge is 0.371 e. The van der Waals surface area contributed by atoms with Crippen LogP contribution >= 0.6 is 11.6 Å². The molecule has 0 aromatic heterocycles. The van der Waals surface area contributed by atoms with Gasteiger partial charge in [0.15, 0.2) is 0 Å². The highest BCUT2D eigenvalue weighted by atomic mass is 35.5. The van der Waals surface area contributed by atoms with Crippen LogP contribution in [0.2, 0.25) is 5.02 Å². The summed E-state index contributed by atoms with van der Waals surface area (Å²) in [4.78, 5) is 15.7. The van der Waals surface area contributed by atoms with Gasteiger partial charge in [-0.3, -0.25) is 4.79 Å². The van der Waals surface area contributed by atoms with Crippen molar-refractivity contribution in [2.24, 2.45) is 0 Å². The van der Waals surface area contributed by atoms with Gasteiger partial charge >= 0.3 is 0 Å². The smallest absolute Gasteiger partial charge is 0.254 e. The van der Waals surface area contributed by atoms with E-state index in [1.807, 2.05) is 18.2 Å². The molecule has 0 saturated carbocycles. The predicted octanol–water partition coefficient (Wildman–Crippen LogP) is 2.64. The van der Waals surface area contributed by atoms with Crippen LogP contribution in [0.3, 0.4) is 0 Å². The Morgan fingerprint density at radius 1 is 1.29 bits per heavy atom. The number of halogens is 1. The molecule has 4 heteroatoms. The fraction of sp³-hybridized carbons (Fsp3) is 0.462. The predicted molar refractivity (Wildman–Crippen MR) is 70.9 cm³/mol. The van der Waals surface area contributed by atoms with Crippen LogP contribution in [0.4, 0.5) is 5.69 Å². The van der Waals surface area contributed by atoms with E-state index in [1.54, 1.807) is 14.1 Å². The van der Waals surface area contributed by atoms with Gasteiger partial charge in [-0.1, -0.05) is 11.6 Å². The Bertz CT molecular complexity index is 425. The minimum Gasteiger partial charge on any atom is -0.371 e. The number of benzene rings is 1. The first-order valence-electron chi connectivity index (χ1n) is 5.86. The quantitative estimate of drug-likeness (QED) is 0.808. The Balaban J connectivity index is 2.25. The van der Waals surface area contributed by atoms with Crippen LogP contribution < -0.4 is 4.90 Å². The molecule has 1 aliphatic rings. The number of hydrogen-bond donors (Lipinski definition) is 0. The summed E-state index contributed by atoms with van der Waals surface area (Å²) in [5.74, 6) is -0.0528. The maximum atomic E-state index is 11.8. The van der Waals surface area contributed by atoms with Crippen LogP contribution in [-0.2, 0) is 0 Å². The van der Waals surface area contributed by atoms with E-state index < -0.39 is 0 Å². The fourth-order valence-electron chi connectivity index (χ4n) is 2.09. The van der Waals surface area contributed by atoms with Crippen molar-refractivity contribution in [1.82, 2.24) is 4.90 Å². The monoisotopic (exact) mass is 252 g/mol. The summed E-state index contributed by atoms with van der Waals surface area (Å²) in [5, 5.41) is 0.535. The van der Waals surface area contributed by atoms with Crippen molar-refractivity contribution in [2.45, 2.75) is 12.8 Å². The lowest BCUT2D eigenvalue weighted by Crippen LogP contribution is -2.22. The molecule has 2 rings (SSSR count). The summed E-state index contributed by atoms with van der Waals surface area (Å²) in [6.07, 6.45) is 2.46. The van der Waals surface area contributed by atoms with Gasteiger partial charge in [0.05, 0.1) is 10.6 Å². The van der Waals surface area contributed by atoms with Gasteiger partial charge in [0.25, 0.3) is 5.91 Å². The Kier molecular flexibility index (Phi) is 3.57. The van der Waals surface area contributed by atoms with Crippen molar-refractivity contribution in [3.63, 3.8) is 0 Å². The third-order valence-electron chi connectivity index (χ3n) is 3.06. The number of rotatable bonds is 2. The Morgan fingerprint density at radius 2 is 1.94 bits per heavy atom. The van der Waals surface area contributed by atoms with Crippen molar-refractivity contribution < 1.29 is 4.79 Å². The van der Waals surface area contributed by atoms with Gasteiger partial charge in [0.1, 0.15) is 0 Å². The molecule has 1 saturated heterocycles. The molecule has 1 amide bonds. The van der Waals surface area contributed by atoms with Crippen molar-refractivity contribution >= 4 is 23.2 Å². The third kappa shape index (κ3) is 2.55. The SMILES string of the molecule is CN(C)C(=O)c1ccc(N2CCCC2)cc1Cl. The van der Waals surface area contributed by atoms with Crippen LogP contribution in [0.1, 0.15) is 23.2 Å². The molecular formula is C13H17ClN2O. The van der Waals surface area contributed by atoms with Gasteiger partial charge in [-0.05, 0) is 31.0 Å². The Labute approximate surface area is 107 Å². The van der Waals surface area contributed by atoms with Crippen molar-refractivity contribution in [3.8, 4) is 0 Å². The first-order chi connectivity index (χ1) is 8.09. The maximum absolute atomic E-state index is 11.8.